The van der Waals surface area contributed by atoms with E-state index in [0.717, 1.165) is 11.3 Å². The van der Waals surface area contributed by atoms with Crippen LogP contribution in [0.5, 0.6) is 0 Å². The van der Waals surface area contributed by atoms with Crippen molar-refractivity contribution < 1.29 is 9.59 Å². The molecule has 1 heterocycles. The lowest BCUT2D eigenvalue weighted by Crippen LogP contribution is -2.22. The van der Waals surface area contributed by atoms with Crippen LogP contribution in [0.1, 0.15) is 12.0 Å². The maximum atomic E-state index is 12.0. The average Bonchev–Trinajstić information content (AvgIpc) is 2.74. The molecular formula is C14H17N3O2S. The molecule has 0 aromatic heterocycles. The first-order valence-electron chi connectivity index (χ1n) is 6.29. The lowest BCUT2D eigenvalue weighted by molar-refractivity contribution is -0.121. The summed E-state index contributed by atoms with van der Waals surface area (Å²) < 4.78 is 0. The molecule has 1 aliphatic heterocycles. The number of thioether (sulfide) groups is 1. The Morgan fingerprint density at radius 2 is 2.10 bits per heavy atom. The summed E-state index contributed by atoms with van der Waals surface area (Å²) in [5, 5.41) is 3.07. The van der Waals surface area contributed by atoms with Crippen LogP contribution in [0.15, 0.2) is 29.3 Å². The predicted octanol–water partition coefficient (Wildman–Crippen LogP) is 1.88. The summed E-state index contributed by atoms with van der Waals surface area (Å²) in [6.45, 7) is 1.93. The Morgan fingerprint density at radius 3 is 2.70 bits per heavy atom. The minimum absolute atomic E-state index is 0.138. The van der Waals surface area contributed by atoms with Gasteiger partial charge in [0.15, 0.2) is 5.17 Å². The van der Waals surface area contributed by atoms with Gasteiger partial charge in [-0.15, -0.1) is 0 Å². The highest BCUT2D eigenvalue weighted by Gasteiger charge is 2.31. The van der Waals surface area contributed by atoms with Crippen molar-refractivity contribution in [2.45, 2.75) is 18.6 Å². The topological polar surface area (TPSA) is 61.8 Å². The van der Waals surface area contributed by atoms with Crippen molar-refractivity contribution in [3.8, 4) is 0 Å². The fraction of sp³-hybridized carbons (Fsp3) is 0.357. The number of nitrogens with zero attached hydrogens (tertiary/aromatic N) is 2. The highest BCUT2D eigenvalue weighted by molar-refractivity contribution is 8.15. The Balaban J connectivity index is 1.94. The molecule has 0 fully saturated rings. The summed E-state index contributed by atoms with van der Waals surface area (Å²) in [6, 6.07) is 7.56. The Kier molecular flexibility index (Phi) is 4.44. The third-order valence-electron chi connectivity index (χ3n) is 2.90. The van der Waals surface area contributed by atoms with Crippen molar-refractivity contribution in [1.29, 1.82) is 0 Å². The van der Waals surface area contributed by atoms with Crippen LogP contribution in [0.25, 0.3) is 0 Å². The summed E-state index contributed by atoms with van der Waals surface area (Å²) in [5.41, 5.74) is 1.78. The SMILES string of the molecule is Cc1ccccc1NC(=O)C[C@H]1SC(N(C)C)=NC1=O. The van der Waals surface area contributed by atoms with Crippen molar-refractivity contribution in [2.24, 2.45) is 4.99 Å². The summed E-state index contributed by atoms with van der Waals surface area (Å²) in [6.07, 6.45) is 0.138. The van der Waals surface area contributed by atoms with Crippen LogP contribution in [-0.4, -0.2) is 41.2 Å². The van der Waals surface area contributed by atoms with Crippen LogP contribution in [0.3, 0.4) is 0 Å². The molecule has 106 valence electrons. The molecule has 0 radical (unpaired) electrons. The molecule has 1 atom stereocenters. The lowest BCUT2D eigenvalue weighted by atomic mass is 10.2. The van der Waals surface area contributed by atoms with Gasteiger partial charge >= 0.3 is 0 Å². The number of anilines is 1. The monoisotopic (exact) mass is 291 g/mol. The lowest BCUT2D eigenvalue weighted by Gasteiger charge is -2.12. The van der Waals surface area contributed by atoms with E-state index in [1.54, 1.807) is 4.90 Å². The number of amides is 2. The minimum atomic E-state index is -0.420. The number of aliphatic imine (C=N–C) groups is 1. The summed E-state index contributed by atoms with van der Waals surface area (Å²) >= 11 is 1.34. The average molecular weight is 291 g/mol. The molecule has 1 aromatic rings. The standard InChI is InChI=1S/C14H17N3O2S/c1-9-6-4-5-7-10(9)15-12(18)8-11-13(19)16-14(20-11)17(2)3/h4-7,11H,8H2,1-3H3,(H,15,18)/t11-/m1/s1. The zero-order valence-corrected chi connectivity index (χ0v) is 12.5. The van der Waals surface area contributed by atoms with Crippen LogP contribution in [-0.2, 0) is 9.59 Å². The first-order valence-corrected chi connectivity index (χ1v) is 7.17. The number of nitrogens with one attached hydrogen (secondary N) is 1. The molecule has 0 unspecified atom stereocenters. The van der Waals surface area contributed by atoms with Gasteiger partial charge in [-0.3, -0.25) is 9.59 Å². The van der Waals surface area contributed by atoms with Gasteiger partial charge in [0.1, 0.15) is 5.25 Å². The molecular weight excluding hydrogens is 274 g/mol. The van der Waals surface area contributed by atoms with Crippen LogP contribution >= 0.6 is 11.8 Å². The molecule has 2 amide bonds. The van der Waals surface area contributed by atoms with Crippen molar-refractivity contribution in [1.82, 2.24) is 4.90 Å². The second kappa shape index (κ2) is 6.09. The quantitative estimate of drug-likeness (QED) is 0.923. The van der Waals surface area contributed by atoms with Crippen LogP contribution in [0.4, 0.5) is 5.69 Å². The Labute approximate surface area is 122 Å². The second-order valence-corrected chi connectivity index (χ2v) is 5.97. The van der Waals surface area contributed by atoms with Gasteiger partial charge in [0.05, 0.1) is 0 Å². The largest absolute Gasteiger partial charge is 0.357 e. The first kappa shape index (κ1) is 14.6. The Hall–Kier alpha value is -1.82. The number of aryl methyl sites for hydroxylation is 1. The predicted molar refractivity (Wildman–Crippen MR) is 81.9 cm³/mol. The van der Waals surface area contributed by atoms with E-state index in [2.05, 4.69) is 10.3 Å². The van der Waals surface area contributed by atoms with E-state index < -0.39 is 5.25 Å². The number of para-hydroxylation sites is 1. The van der Waals surface area contributed by atoms with Crippen molar-refractivity contribution in [2.75, 3.05) is 19.4 Å². The van der Waals surface area contributed by atoms with E-state index >= 15 is 0 Å². The number of amidine groups is 1. The Bertz CT molecular complexity index is 569. The number of hydrogen-bond donors (Lipinski definition) is 1. The molecule has 1 aromatic carbocycles. The summed E-state index contributed by atoms with van der Waals surface area (Å²) in [4.78, 5) is 29.4. The van der Waals surface area contributed by atoms with Crippen molar-refractivity contribution >= 4 is 34.4 Å². The normalized spacial score (nSPS) is 17.9. The van der Waals surface area contributed by atoms with E-state index in [1.807, 2.05) is 45.3 Å². The van der Waals surface area contributed by atoms with Gasteiger partial charge in [0.25, 0.3) is 5.91 Å². The van der Waals surface area contributed by atoms with E-state index in [0.29, 0.717) is 5.17 Å². The fourth-order valence-electron chi connectivity index (χ4n) is 1.79. The molecule has 0 saturated heterocycles. The molecule has 0 saturated carbocycles. The van der Waals surface area contributed by atoms with Gasteiger partial charge in [-0.05, 0) is 18.6 Å². The molecule has 2 rings (SSSR count). The van der Waals surface area contributed by atoms with Crippen LogP contribution in [0, 0.1) is 6.92 Å². The van der Waals surface area contributed by atoms with E-state index in [9.17, 15) is 9.59 Å². The number of benzene rings is 1. The third kappa shape index (κ3) is 3.39. The summed E-state index contributed by atoms with van der Waals surface area (Å²) in [7, 11) is 3.66. The van der Waals surface area contributed by atoms with Gasteiger partial charge in [-0.1, -0.05) is 30.0 Å². The number of rotatable bonds is 3. The number of carbonyl (C=O) groups excluding carboxylic acids is 2. The van der Waals surface area contributed by atoms with E-state index in [4.69, 9.17) is 0 Å². The van der Waals surface area contributed by atoms with Gasteiger partial charge < -0.3 is 10.2 Å². The van der Waals surface area contributed by atoms with Gasteiger partial charge in [-0.2, -0.15) is 4.99 Å². The Morgan fingerprint density at radius 1 is 1.40 bits per heavy atom. The van der Waals surface area contributed by atoms with Gasteiger partial charge in [0, 0.05) is 26.2 Å². The maximum Gasteiger partial charge on any atom is 0.262 e. The number of carbonyl (C=O) groups is 2. The van der Waals surface area contributed by atoms with E-state index in [-0.39, 0.29) is 18.2 Å². The molecule has 1 aliphatic rings. The molecule has 0 spiro atoms. The van der Waals surface area contributed by atoms with Crippen molar-refractivity contribution in [3.05, 3.63) is 29.8 Å². The smallest absolute Gasteiger partial charge is 0.262 e. The molecule has 1 N–H and O–H groups in total. The molecule has 20 heavy (non-hydrogen) atoms. The zero-order valence-electron chi connectivity index (χ0n) is 11.7. The van der Waals surface area contributed by atoms with Gasteiger partial charge in [-0.25, -0.2) is 0 Å². The van der Waals surface area contributed by atoms with Crippen molar-refractivity contribution in [3.63, 3.8) is 0 Å². The zero-order chi connectivity index (χ0) is 14.7. The highest BCUT2D eigenvalue weighted by Crippen LogP contribution is 2.26. The molecule has 0 bridgehead atoms. The third-order valence-corrected chi connectivity index (χ3v) is 4.22. The first-order chi connectivity index (χ1) is 9.47. The molecule has 5 nitrogen and oxygen atoms in total. The fourth-order valence-corrected chi connectivity index (χ4v) is 2.78. The molecule has 0 aliphatic carbocycles. The van der Waals surface area contributed by atoms with Crippen LogP contribution in [0.2, 0.25) is 0 Å². The van der Waals surface area contributed by atoms with E-state index in [1.165, 1.54) is 11.8 Å². The van der Waals surface area contributed by atoms with Crippen LogP contribution < -0.4 is 5.32 Å². The summed E-state index contributed by atoms with van der Waals surface area (Å²) in [5.74, 6) is -0.404. The maximum absolute atomic E-state index is 12.0. The molecule has 6 heteroatoms. The second-order valence-electron chi connectivity index (χ2n) is 4.80. The minimum Gasteiger partial charge on any atom is -0.357 e. The van der Waals surface area contributed by atoms with Gasteiger partial charge in [0.2, 0.25) is 5.91 Å². The number of hydrogen-bond acceptors (Lipinski definition) is 4. The highest BCUT2D eigenvalue weighted by atomic mass is 32.2.